The number of phenolic OH excluding ortho intramolecular Hbond substituents is 1. The third-order valence-corrected chi connectivity index (χ3v) is 3.26. The van der Waals surface area contributed by atoms with Crippen LogP contribution in [0.2, 0.25) is 0 Å². The molecule has 0 aliphatic rings. The molecule has 0 atom stereocenters. The predicted octanol–water partition coefficient (Wildman–Crippen LogP) is 3.26. The standard InChI is InChI=1S/C17H26O4/c1-16(2,3)11-17(4,5)13-10-12(6-7-14(13)19)15(20)21-9-8-18/h6-7,10,18-19H,8-9,11H2,1-5H3. The molecular formula is C17H26O4. The Labute approximate surface area is 126 Å². The first kappa shape index (κ1) is 17.5. The van der Waals surface area contributed by atoms with Crippen molar-refractivity contribution in [3.63, 3.8) is 0 Å². The summed E-state index contributed by atoms with van der Waals surface area (Å²) in [6.45, 7) is 10.3. The summed E-state index contributed by atoms with van der Waals surface area (Å²) in [5, 5.41) is 18.8. The normalized spacial score (nSPS) is 12.3. The molecule has 0 amide bonds. The number of rotatable bonds is 5. The number of phenols is 1. The van der Waals surface area contributed by atoms with E-state index < -0.39 is 5.97 Å². The Morgan fingerprint density at radius 1 is 1.19 bits per heavy atom. The molecule has 4 nitrogen and oxygen atoms in total. The number of hydrogen-bond acceptors (Lipinski definition) is 4. The molecule has 0 aliphatic carbocycles. The van der Waals surface area contributed by atoms with E-state index in [-0.39, 0.29) is 29.8 Å². The van der Waals surface area contributed by atoms with Gasteiger partial charge in [0.05, 0.1) is 12.2 Å². The number of carbonyl (C=O) groups excluding carboxylic acids is 1. The van der Waals surface area contributed by atoms with Crippen molar-refractivity contribution >= 4 is 5.97 Å². The Morgan fingerprint density at radius 2 is 1.81 bits per heavy atom. The second kappa shape index (κ2) is 6.48. The van der Waals surface area contributed by atoms with Gasteiger partial charge in [-0.2, -0.15) is 0 Å². The summed E-state index contributed by atoms with van der Waals surface area (Å²) in [6, 6.07) is 4.74. The van der Waals surface area contributed by atoms with Gasteiger partial charge < -0.3 is 14.9 Å². The van der Waals surface area contributed by atoms with Crippen LogP contribution in [0, 0.1) is 5.41 Å². The van der Waals surface area contributed by atoms with Gasteiger partial charge in [-0.3, -0.25) is 0 Å². The number of ether oxygens (including phenoxy) is 1. The van der Waals surface area contributed by atoms with Gasteiger partial charge in [0.2, 0.25) is 0 Å². The molecule has 0 aromatic heterocycles. The van der Waals surface area contributed by atoms with E-state index in [0.29, 0.717) is 5.56 Å². The highest BCUT2D eigenvalue weighted by molar-refractivity contribution is 5.90. The average Bonchev–Trinajstić information content (AvgIpc) is 2.33. The van der Waals surface area contributed by atoms with Crippen molar-refractivity contribution < 1.29 is 19.7 Å². The maximum Gasteiger partial charge on any atom is 0.338 e. The molecule has 0 spiro atoms. The largest absolute Gasteiger partial charge is 0.508 e. The minimum absolute atomic E-state index is 0.0274. The Morgan fingerprint density at radius 3 is 2.33 bits per heavy atom. The third kappa shape index (κ3) is 5.05. The second-order valence-electron chi connectivity index (χ2n) is 7.21. The van der Waals surface area contributed by atoms with Gasteiger partial charge in [-0.05, 0) is 35.4 Å². The van der Waals surface area contributed by atoms with E-state index in [1.807, 2.05) is 0 Å². The number of hydrogen-bond donors (Lipinski definition) is 2. The topological polar surface area (TPSA) is 66.8 Å². The van der Waals surface area contributed by atoms with Crippen molar-refractivity contribution in [3.8, 4) is 5.75 Å². The highest BCUT2D eigenvalue weighted by Gasteiger charge is 2.30. The molecule has 118 valence electrons. The molecule has 0 bridgehead atoms. The van der Waals surface area contributed by atoms with Crippen molar-refractivity contribution in [2.45, 2.75) is 46.5 Å². The van der Waals surface area contributed by atoms with Crippen LogP contribution in [0.25, 0.3) is 0 Å². The summed E-state index contributed by atoms with van der Waals surface area (Å²) in [6.07, 6.45) is 0.864. The fourth-order valence-corrected chi connectivity index (χ4v) is 2.85. The molecule has 0 saturated heterocycles. The van der Waals surface area contributed by atoms with Gasteiger partial charge >= 0.3 is 5.97 Å². The van der Waals surface area contributed by atoms with Gasteiger partial charge in [0.1, 0.15) is 12.4 Å². The van der Waals surface area contributed by atoms with Crippen LogP contribution in [0.15, 0.2) is 18.2 Å². The van der Waals surface area contributed by atoms with Crippen LogP contribution in [0.3, 0.4) is 0 Å². The summed E-state index contributed by atoms with van der Waals surface area (Å²) in [7, 11) is 0. The van der Waals surface area contributed by atoms with E-state index >= 15 is 0 Å². The number of esters is 1. The van der Waals surface area contributed by atoms with Crippen LogP contribution in [-0.4, -0.2) is 29.4 Å². The molecule has 1 rings (SSSR count). The van der Waals surface area contributed by atoms with Crippen molar-refractivity contribution in [2.75, 3.05) is 13.2 Å². The van der Waals surface area contributed by atoms with Crippen LogP contribution in [0.1, 0.15) is 57.0 Å². The zero-order chi connectivity index (χ0) is 16.3. The van der Waals surface area contributed by atoms with E-state index in [9.17, 15) is 9.90 Å². The SMILES string of the molecule is CC(C)(C)CC(C)(C)c1cc(C(=O)OCCO)ccc1O. The van der Waals surface area contributed by atoms with Crippen molar-refractivity contribution in [2.24, 2.45) is 5.41 Å². The molecule has 0 heterocycles. The maximum absolute atomic E-state index is 11.9. The number of benzene rings is 1. The average molecular weight is 294 g/mol. The van der Waals surface area contributed by atoms with Crippen LogP contribution in [-0.2, 0) is 10.2 Å². The Bertz CT molecular complexity index is 498. The number of aliphatic hydroxyl groups excluding tert-OH is 1. The minimum atomic E-state index is -0.489. The molecule has 2 N–H and O–H groups in total. The molecule has 0 aliphatic heterocycles. The summed E-state index contributed by atoms with van der Waals surface area (Å²) >= 11 is 0. The van der Waals surface area contributed by atoms with Crippen LogP contribution >= 0.6 is 0 Å². The molecule has 0 saturated carbocycles. The molecule has 0 radical (unpaired) electrons. The Balaban J connectivity index is 3.10. The fraction of sp³-hybridized carbons (Fsp3) is 0.588. The van der Waals surface area contributed by atoms with Gasteiger partial charge in [0.25, 0.3) is 0 Å². The highest BCUT2D eigenvalue weighted by Crippen LogP contribution is 2.40. The van der Waals surface area contributed by atoms with Crippen LogP contribution in [0.4, 0.5) is 0 Å². The summed E-state index contributed by atoms with van der Waals surface area (Å²) in [4.78, 5) is 11.9. The molecule has 1 aromatic rings. The Hall–Kier alpha value is -1.55. The van der Waals surface area contributed by atoms with Gasteiger partial charge in [-0.25, -0.2) is 4.79 Å². The number of carbonyl (C=O) groups is 1. The van der Waals surface area contributed by atoms with Crippen molar-refractivity contribution in [1.82, 2.24) is 0 Å². The minimum Gasteiger partial charge on any atom is -0.508 e. The lowest BCUT2D eigenvalue weighted by Gasteiger charge is -2.33. The van der Waals surface area contributed by atoms with Gasteiger partial charge in [-0.15, -0.1) is 0 Å². The summed E-state index contributed by atoms with van der Waals surface area (Å²) in [5.41, 5.74) is 0.952. The second-order valence-corrected chi connectivity index (χ2v) is 7.21. The lowest BCUT2D eigenvalue weighted by atomic mass is 9.72. The van der Waals surface area contributed by atoms with E-state index in [4.69, 9.17) is 9.84 Å². The monoisotopic (exact) mass is 294 g/mol. The summed E-state index contributed by atoms with van der Waals surface area (Å²) < 4.78 is 4.92. The van der Waals surface area contributed by atoms with Gasteiger partial charge in [0, 0.05) is 5.56 Å². The first-order valence-corrected chi connectivity index (χ1v) is 7.18. The Kier molecular flexibility index (Phi) is 5.40. The smallest absolute Gasteiger partial charge is 0.338 e. The molecule has 0 unspecified atom stereocenters. The zero-order valence-electron chi connectivity index (χ0n) is 13.6. The molecule has 21 heavy (non-hydrogen) atoms. The quantitative estimate of drug-likeness (QED) is 0.818. The van der Waals surface area contributed by atoms with Crippen molar-refractivity contribution in [3.05, 3.63) is 29.3 Å². The molecule has 4 heteroatoms. The number of aromatic hydroxyl groups is 1. The zero-order valence-corrected chi connectivity index (χ0v) is 13.6. The molecular weight excluding hydrogens is 268 g/mol. The van der Waals surface area contributed by atoms with Crippen LogP contribution < -0.4 is 0 Å². The summed E-state index contributed by atoms with van der Waals surface area (Å²) in [5.74, 6) is -0.306. The third-order valence-electron chi connectivity index (χ3n) is 3.26. The lowest BCUT2D eigenvalue weighted by molar-refractivity contribution is 0.0433. The highest BCUT2D eigenvalue weighted by atomic mass is 16.5. The van der Waals surface area contributed by atoms with Crippen LogP contribution in [0.5, 0.6) is 5.75 Å². The van der Waals surface area contributed by atoms with Gasteiger partial charge in [0.15, 0.2) is 0 Å². The molecule has 1 aromatic carbocycles. The first-order valence-electron chi connectivity index (χ1n) is 7.18. The lowest BCUT2D eigenvalue weighted by Crippen LogP contribution is -2.25. The first-order chi connectivity index (χ1) is 9.57. The fourth-order valence-electron chi connectivity index (χ4n) is 2.85. The van der Waals surface area contributed by atoms with E-state index in [1.54, 1.807) is 6.07 Å². The van der Waals surface area contributed by atoms with Gasteiger partial charge in [-0.1, -0.05) is 34.6 Å². The molecule has 0 fully saturated rings. The van der Waals surface area contributed by atoms with E-state index in [2.05, 4.69) is 34.6 Å². The predicted molar refractivity (Wildman–Crippen MR) is 82.6 cm³/mol. The number of aliphatic hydroxyl groups is 1. The maximum atomic E-state index is 11.9. The van der Waals surface area contributed by atoms with E-state index in [1.165, 1.54) is 12.1 Å². The van der Waals surface area contributed by atoms with Crippen molar-refractivity contribution in [1.29, 1.82) is 0 Å². The van der Waals surface area contributed by atoms with E-state index in [0.717, 1.165) is 12.0 Å².